The number of aromatic nitrogens is 2. The van der Waals surface area contributed by atoms with E-state index in [1.165, 1.54) is 12.1 Å². The lowest BCUT2D eigenvalue weighted by Crippen LogP contribution is -1.99. The summed E-state index contributed by atoms with van der Waals surface area (Å²) in [5, 5.41) is 9.15. The van der Waals surface area contributed by atoms with Crippen molar-refractivity contribution in [3.63, 3.8) is 0 Å². The summed E-state index contributed by atoms with van der Waals surface area (Å²) in [7, 11) is 0. The van der Waals surface area contributed by atoms with Crippen LogP contribution in [0.4, 0.5) is 4.39 Å². The first-order valence-corrected chi connectivity index (χ1v) is 7.87. The molecule has 0 amide bonds. The molecule has 25 heavy (non-hydrogen) atoms. The molecule has 0 aliphatic heterocycles. The minimum Gasteiger partial charge on any atom is -0.478 e. The lowest BCUT2D eigenvalue weighted by molar-refractivity contribution is 0.0696. The first-order chi connectivity index (χ1) is 12.1. The number of aromatic carboxylic acids is 1. The van der Waals surface area contributed by atoms with Crippen molar-refractivity contribution >= 4 is 11.5 Å². The maximum absolute atomic E-state index is 13.2. The van der Waals surface area contributed by atoms with Crippen molar-refractivity contribution < 1.29 is 14.3 Å². The molecule has 4 nitrogen and oxygen atoms in total. The third kappa shape index (κ3) is 4.41. The maximum Gasteiger partial charge on any atom is 0.335 e. The Morgan fingerprint density at radius 1 is 1.16 bits per heavy atom. The molecule has 3 aromatic rings. The Hall–Kier alpha value is -3.21. The summed E-state index contributed by atoms with van der Waals surface area (Å²) in [5.74, 6) is -0.411. The molecular formula is C20H17FN2O2. The second-order valence-electron chi connectivity index (χ2n) is 5.66. The number of aromatic amines is 1. The summed E-state index contributed by atoms with van der Waals surface area (Å²) >= 11 is 0. The Labute approximate surface area is 144 Å². The van der Waals surface area contributed by atoms with Crippen LogP contribution in [0.15, 0.2) is 67.0 Å². The van der Waals surface area contributed by atoms with E-state index in [0.29, 0.717) is 12.8 Å². The average molecular weight is 336 g/mol. The van der Waals surface area contributed by atoms with Gasteiger partial charge in [-0.2, -0.15) is 0 Å². The van der Waals surface area contributed by atoms with Crippen LogP contribution in [0.1, 0.15) is 27.3 Å². The zero-order chi connectivity index (χ0) is 17.6. The molecule has 0 spiro atoms. The number of benzene rings is 2. The zero-order valence-electron chi connectivity index (χ0n) is 13.4. The van der Waals surface area contributed by atoms with Crippen molar-refractivity contribution in [3.05, 3.63) is 95.3 Å². The van der Waals surface area contributed by atoms with Crippen LogP contribution in [-0.2, 0) is 12.8 Å². The van der Waals surface area contributed by atoms with E-state index in [1.54, 1.807) is 42.7 Å². The summed E-state index contributed by atoms with van der Waals surface area (Å²) in [6.45, 7) is 0. The van der Waals surface area contributed by atoms with E-state index in [4.69, 9.17) is 5.11 Å². The molecule has 5 heteroatoms. The van der Waals surface area contributed by atoms with Gasteiger partial charge in [0, 0.05) is 18.8 Å². The third-order valence-electron chi connectivity index (χ3n) is 3.88. The van der Waals surface area contributed by atoms with Crippen LogP contribution in [0.3, 0.4) is 0 Å². The van der Waals surface area contributed by atoms with Crippen molar-refractivity contribution in [2.45, 2.75) is 12.8 Å². The number of halogens is 1. The maximum atomic E-state index is 13.2. The van der Waals surface area contributed by atoms with E-state index in [9.17, 15) is 9.18 Å². The molecule has 0 saturated heterocycles. The normalized spacial score (nSPS) is 11.5. The molecule has 2 N–H and O–H groups in total. The minimum atomic E-state index is -0.954. The second kappa shape index (κ2) is 7.57. The van der Waals surface area contributed by atoms with Gasteiger partial charge in [-0.1, -0.05) is 30.3 Å². The number of nitrogens with zero attached hydrogens (tertiary/aromatic N) is 1. The van der Waals surface area contributed by atoms with Crippen LogP contribution in [0, 0.1) is 5.82 Å². The van der Waals surface area contributed by atoms with Gasteiger partial charge in [0.15, 0.2) is 0 Å². The third-order valence-corrected chi connectivity index (χ3v) is 3.88. The van der Waals surface area contributed by atoms with E-state index in [2.05, 4.69) is 9.97 Å². The molecule has 126 valence electrons. The molecule has 0 aliphatic rings. The van der Waals surface area contributed by atoms with Gasteiger partial charge in [0.25, 0.3) is 0 Å². The van der Waals surface area contributed by atoms with E-state index in [-0.39, 0.29) is 11.4 Å². The van der Waals surface area contributed by atoms with E-state index >= 15 is 0 Å². The van der Waals surface area contributed by atoms with Crippen molar-refractivity contribution in [3.8, 4) is 0 Å². The second-order valence-corrected chi connectivity index (χ2v) is 5.66. The van der Waals surface area contributed by atoms with Crippen LogP contribution < -0.4 is 0 Å². The van der Waals surface area contributed by atoms with Gasteiger partial charge >= 0.3 is 5.97 Å². The highest BCUT2D eigenvalue weighted by molar-refractivity contribution is 5.87. The summed E-state index contributed by atoms with van der Waals surface area (Å²) in [6.07, 6.45) is 6.64. The molecule has 0 fully saturated rings. The van der Waals surface area contributed by atoms with Gasteiger partial charge in [0.05, 0.1) is 5.56 Å². The van der Waals surface area contributed by atoms with Gasteiger partial charge in [-0.15, -0.1) is 0 Å². The van der Waals surface area contributed by atoms with Gasteiger partial charge in [0.2, 0.25) is 0 Å². The molecule has 0 radical (unpaired) electrons. The number of H-pyrrole nitrogens is 1. The largest absolute Gasteiger partial charge is 0.478 e. The molecule has 2 aromatic carbocycles. The topological polar surface area (TPSA) is 66.0 Å². The molecule has 0 unspecified atom stereocenters. The fraction of sp³-hybridized carbons (Fsp3) is 0.100. The van der Waals surface area contributed by atoms with Crippen LogP contribution >= 0.6 is 0 Å². The van der Waals surface area contributed by atoms with Gasteiger partial charge in [0.1, 0.15) is 11.6 Å². The number of rotatable bonds is 6. The van der Waals surface area contributed by atoms with E-state index in [1.807, 2.05) is 12.1 Å². The Kier molecular flexibility index (Phi) is 5.04. The minimum absolute atomic E-state index is 0.252. The highest BCUT2D eigenvalue weighted by Crippen LogP contribution is 2.21. The van der Waals surface area contributed by atoms with Gasteiger partial charge in [-0.05, 0) is 47.4 Å². The molecule has 0 saturated carbocycles. The number of allylic oxidation sites excluding steroid dienone is 2. The monoisotopic (exact) mass is 336 g/mol. The molecule has 3 rings (SSSR count). The predicted molar refractivity (Wildman–Crippen MR) is 93.8 cm³/mol. The van der Waals surface area contributed by atoms with Crippen molar-refractivity contribution in [2.24, 2.45) is 0 Å². The van der Waals surface area contributed by atoms with Crippen molar-refractivity contribution in [1.29, 1.82) is 0 Å². The molecule has 1 heterocycles. The SMILES string of the molecule is O=C(O)c1cccc(C/C(=C\Cc2ncc[nH]2)c2ccc(F)cc2)c1. The lowest BCUT2D eigenvalue weighted by atomic mass is 9.96. The van der Waals surface area contributed by atoms with E-state index in [0.717, 1.165) is 22.5 Å². The summed E-state index contributed by atoms with van der Waals surface area (Å²) in [5.41, 5.74) is 3.02. The Balaban J connectivity index is 1.90. The summed E-state index contributed by atoms with van der Waals surface area (Å²) in [4.78, 5) is 18.4. The molecule has 0 bridgehead atoms. The van der Waals surface area contributed by atoms with Crippen LogP contribution in [-0.4, -0.2) is 21.0 Å². The Morgan fingerprint density at radius 3 is 2.64 bits per heavy atom. The van der Waals surface area contributed by atoms with Crippen molar-refractivity contribution in [1.82, 2.24) is 9.97 Å². The number of hydrogen-bond donors (Lipinski definition) is 2. The highest BCUT2D eigenvalue weighted by Gasteiger charge is 2.08. The summed E-state index contributed by atoms with van der Waals surface area (Å²) in [6, 6.07) is 13.1. The number of imidazole rings is 1. The van der Waals surface area contributed by atoms with Crippen LogP contribution in [0.25, 0.3) is 5.57 Å². The smallest absolute Gasteiger partial charge is 0.335 e. The fourth-order valence-corrected chi connectivity index (χ4v) is 2.62. The number of nitrogens with one attached hydrogen (secondary N) is 1. The number of carbonyl (C=O) groups is 1. The Bertz CT molecular complexity index is 884. The molecular weight excluding hydrogens is 319 g/mol. The first-order valence-electron chi connectivity index (χ1n) is 7.87. The highest BCUT2D eigenvalue weighted by atomic mass is 19.1. The lowest BCUT2D eigenvalue weighted by Gasteiger charge is -2.09. The van der Waals surface area contributed by atoms with Gasteiger partial charge in [-0.3, -0.25) is 0 Å². The average Bonchev–Trinajstić information content (AvgIpc) is 3.13. The van der Waals surface area contributed by atoms with E-state index < -0.39 is 5.97 Å². The predicted octanol–water partition coefficient (Wildman–Crippen LogP) is 4.12. The number of carboxylic acids is 1. The van der Waals surface area contributed by atoms with Crippen LogP contribution in [0.2, 0.25) is 0 Å². The van der Waals surface area contributed by atoms with Gasteiger partial charge < -0.3 is 10.1 Å². The fourth-order valence-electron chi connectivity index (χ4n) is 2.62. The molecule has 0 aliphatic carbocycles. The first kappa shape index (κ1) is 16.6. The van der Waals surface area contributed by atoms with Gasteiger partial charge in [-0.25, -0.2) is 14.2 Å². The Morgan fingerprint density at radius 2 is 1.96 bits per heavy atom. The molecule has 1 aromatic heterocycles. The quantitative estimate of drug-likeness (QED) is 0.712. The summed E-state index contributed by atoms with van der Waals surface area (Å²) < 4.78 is 13.2. The molecule has 0 atom stereocenters. The number of carboxylic acid groups (broad SMARTS) is 1. The van der Waals surface area contributed by atoms with Crippen LogP contribution in [0.5, 0.6) is 0 Å². The standard InChI is InChI=1S/C20H17FN2O2/c21-18-7-4-15(5-8-18)16(6-9-19-22-10-11-23-19)12-14-2-1-3-17(13-14)20(24)25/h1-8,10-11,13H,9,12H2,(H,22,23)(H,24,25)/b16-6+. The number of hydrogen-bond acceptors (Lipinski definition) is 2. The zero-order valence-corrected chi connectivity index (χ0v) is 13.4. The van der Waals surface area contributed by atoms with Crippen molar-refractivity contribution in [2.75, 3.05) is 0 Å².